The zero-order chi connectivity index (χ0) is 6.97. The Morgan fingerprint density at radius 3 is 3.10 bits per heavy atom. The van der Waals surface area contributed by atoms with Crippen LogP contribution in [0.2, 0.25) is 0 Å². The van der Waals surface area contributed by atoms with Gasteiger partial charge in [0.05, 0.1) is 6.61 Å². The van der Waals surface area contributed by atoms with Crippen molar-refractivity contribution < 1.29 is 4.74 Å². The summed E-state index contributed by atoms with van der Waals surface area (Å²) >= 11 is 0. The van der Waals surface area contributed by atoms with Gasteiger partial charge in [0, 0.05) is 17.5 Å². The van der Waals surface area contributed by atoms with Crippen LogP contribution in [0.5, 0.6) is 0 Å². The molecule has 1 atom stereocenters. The van der Waals surface area contributed by atoms with Crippen LogP contribution in [-0.2, 0) is 4.74 Å². The highest BCUT2D eigenvalue weighted by Crippen LogP contribution is 2.30. The van der Waals surface area contributed by atoms with Crippen molar-refractivity contribution in [1.82, 2.24) is 4.98 Å². The Morgan fingerprint density at radius 2 is 2.50 bits per heavy atom. The van der Waals surface area contributed by atoms with Crippen molar-refractivity contribution in [2.45, 2.75) is 13.0 Å². The van der Waals surface area contributed by atoms with E-state index in [0.717, 1.165) is 12.3 Å². The van der Waals surface area contributed by atoms with E-state index in [-0.39, 0.29) is 0 Å². The Bertz CT molecular complexity index is 243. The minimum Gasteiger partial charge on any atom is -0.368 e. The predicted octanol–water partition coefficient (Wildman–Crippen LogP) is 1.46. The summed E-state index contributed by atoms with van der Waals surface area (Å²) in [6.45, 7) is 2.88. The van der Waals surface area contributed by atoms with Crippen LogP contribution in [0.25, 0.3) is 0 Å². The molecular weight excluding hydrogens is 126 g/mol. The summed E-state index contributed by atoms with van der Waals surface area (Å²) in [5.41, 5.74) is 2.33. The van der Waals surface area contributed by atoms with Gasteiger partial charge in [0.2, 0.25) is 0 Å². The Morgan fingerprint density at radius 1 is 1.70 bits per heavy atom. The number of nitrogens with zero attached hydrogens (tertiary/aromatic N) is 1. The first-order valence-corrected chi connectivity index (χ1v) is 3.41. The molecule has 2 nitrogen and oxygen atoms in total. The number of ether oxygens (including phenoxy) is 1. The standard InChI is InChI=1S/C8H9NO/c1-6-7(8-5-10-8)3-2-4-9-6/h2-4,8H,5H2,1H3/t8-/m1/s1. The zero-order valence-electron chi connectivity index (χ0n) is 5.87. The summed E-state index contributed by atoms with van der Waals surface area (Å²) in [6.07, 6.45) is 2.15. The van der Waals surface area contributed by atoms with Gasteiger partial charge >= 0.3 is 0 Å². The van der Waals surface area contributed by atoms with Crippen LogP contribution in [-0.4, -0.2) is 11.6 Å². The van der Waals surface area contributed by atoms with Crippen molar-refractivity contribution in [1.29, 1.82) is 0 Å². The predicted molar refractivity (Wildman–Crippen MR) is 37.7 cm³/mol. The van der Waals surface area contributed by atoms with E-state index in [9.17, 15) is 0 Å². The van der Waals surface area contributed by atoms with Crippen LogP contribution in [0.15, 0.2) is 18.3 Å². The SMILES string of the molecule is Cc1ncccc1[C@H]1CO1. The molecule has 1 saturated heterocycles. The fourth-order valence-electron chi connectivity index (χ4n) is 1.06. The van der Waals surface area contributed by atoms with Crippen LogP contribution in [0.1, 0.15) is 17.4 Å². The molecule has 52 valence electrons. The zero-order valence-corrected chi connectivity index (χ0v) is 5.87. The van der Waals surface area contributed by atoms with Gasteiger partial charge in [-0.3, -0.25) is 4.98 Å². The minimum atomic E-state index is 0.341. The van der Waals surface area contributed by atoms with Crippen molar-refractivity contribution in [2.75, 3.05) is 6.61 Å². The normalized spacial score (nSPS) is 22.7. The maximum Gasteiger partial charge on any atom is 0.108 e. The number of epoxide rings is 1. The van der Waals surface area contributed by atoms with Gasteiger partial charge in [0.1, 0.15) is 6.10 Å². The van der Waals surface area contributed by atoms with Gasteiger partial charge in [-0.15, -0.1) is 0 Å². The molecule has 1 aliphatic rings. The van der Waals surface area contributed by atoms with E-state index >= 15 is 0 Å². The minimum absolute atomic E-state index is 0.341. The number of hydrogen-bond acceptors (Lipinski definition) is 2. The van der Waals surface area contributed by atoms with Crippen LogP contribution < -0.4 is 0 Å². The molecule has 0 aromatic carbocycles. The van der Waals surface area contributed by atoms with Crippen LogP contribution in [0.4, 0.5) is 0 Å². The smallest absolute Gasteiger partial charge is 0.108 e. The largest absolute Gasteiger partial charge is 0.368 e. The third-order valence-electron chi connectivity index (χ3n) is 1.73. The van der Waals surface area contributed by atoms with Crippen molar-refractivity contribution in [3.8, 4) is 0 Å². The van der Waals surface area contributed by atoms with Crippen LogP contribution in [0, 0.1) is 6.92 Å². The summed E-state index contributed by atoms with van der Waals surface area (Å²) in [7, 11) is 0. The van der Waals surface area contributed by atoms with Gasteiger partial charge in [-0.05, 0) is 13.0 Å². The lowest BCUT2D eigenvalue weighted by molar-refractivity contribution is 0.414. The van der Waals surface area contributed by atoms with Gasteiger partial charge < -0.3 is 4.74 Å². The van der Waals surface area contributed by atoms with E-state index in [4.69, 9.17) is 4.74 Å². The van der Waals surface area contributed by atoms with Gasteiger partial charge in [0.25, 0.3) is 0 Å². The van der Waals surface area contributed by atoms with E-state index in [2.05, 4.69) is 11.1 Å². The molecule has 2 heterocycles. The summed E-state index contributed by atoms with van der Waals surface area (Å²) in [5.74, 6) is 0. The molecule has 1 fully saturated rings. The Hall–Kier alpha value is -0.890. The van der Waals surface area contributed by atoms with E-state index in [0.29, 0.717) is 6.10 Å². The maximum absolute atomic E-state index is 5.14. The van der Waals surface area contributed by atoms with Gasteiger partial charge in [-0.1, -0.05) is 6.07 Å². The van der Waals surface area contributed by atoms with Gasteiger partial charge in [0.15, 0.2) is 0 Å². The van der Waals surface area contributed by atoms with Crippen molar-refractivity contribution in [3.05, 3.63) is 29.6 Å². The third kappa shape index (κ3) is 0.907. The highest BCUT2D eigenvalue weighted by Gasteiger charge is 2.26. The lowest BCUT2D eigenvalue weighted by Crippen LogP contribution is -1.88. The molecular formula is C8H9NO. The molecule has 0 N–H and O–H groups in total. The highest BCUT2D eigenvalue weighted by molar-refractivity contribution is 5.23. The number of aromatic nitrogens is 1. The number of hydrogen-bond donors (Lipinski definition) is 0. The fourth-order valence-corrected chi connectivity index (χ4v) is 1.06. The summed E-state index contributed by atoms with van der Waals surface area (Å²) in [4.78, 5) is 4.16. The Balaban J connectivity index is 2.39. The Labute approximate surface area is 59.9 Å². The second-order valence-electron chi connectivity index (χ2n) is 2.50. The van der Waals surface area contributed by atoms with Gasteiger partial charge in [-0.2, -0.15) is 0 Å². The molecule has 0 unspecified atom stereocenters. The molecule has 0 bridgehead atoms. The fraction of sp³-hybridized carbons (Fsp3) is 0.375. The second kappa shape index (κ2) is 2.06. The second-order valence-corrected chi connectivity index (χ2v) is 2.50. The Kier molecular flexibility index (Phi) is 1.21. The first-order chi connectivity index (χ1) is 4.88. The molecule has 1 aromatic heterocycles. The molecule has 0 amide bonds. The summed E-state index contributed by atoms with van der Waals surface area (Å²) in [6, 6.07) is 4.02. The quantitative estimate of drug-likeness (QED) is 0.545. The molecule has 0 aliphatic carbocycles. The molecule has 0 spiro atoms. The van der Waals surface area contributed by atoms with E-state index in [1.165, 1.54) is 5.56 Å². The monoisotopic (exact) mass is 135 g/mol. The first kappa shape index (κ1) is 5.86. The highest BCUT2D eigenvalue weighted by atomic mass is 16.6. The van der Waals surface area contributed by atoms with Crippen LogP contribution in [0.3, 0.4) is 0 Å². The molecule has 0 radical (unpaired) electrons. The average molecular weight is 135 g/mol. The van der Waals surface area contributed by atoms with E-state index in [1.54, 1.807) is 6.20 Å². The molecule has 2 rings (SSSR count). The molecule has 2 heteroatoms. The van der Waals surface area contributed by atoms with Gasteiger partial charge in [-0.25, -0.2) is 0 Å². The average Bonchev–Trinajstić information content (AvgIpc) is 2.71. The van der Waals surface area contributed by atoms with Crippen LogP contribution >= 0.6 is 0 Å². The topological polar surface area (TPSA) is 25.4 Å². The summed E-state index contributed by atoms with van der Waals surface area (Å²) in [5, 5.41) is 0. The lowest BCUT2D eigenvalue weighted by atomic mass is 10.1. The van der Waals surface area contributed by atoms with E-state index in [1.807, 2.05) is 13.0 Å². The number of rotatable bonds is 1. The third-order valence-corrected chi connectivity index (χ3v) is 1.73. The van der Waals surface area contributed by atoms with Crippen molar-refractivity contribution in [2.24, 2.45) is 0 Å². The van der Waals surface area contributed by atoms with E-state index < -0.39 is 0 Å². The molecule has 10 heavy (non-hydrogen) atoms. The molecule has 0 saturated carbocycles. The van der Waals surface area contributed by atoms with Crippen molar-refractivity contribution in [3.63, 3.8) is 0 Å². The summed E-state index contributed by atoms with van der Waals surface area (Å²) < 4.78 is 5.14. The maximum atomic E-state index is 5.14. The number of pyridine rings is 1. The lowest BCUT2D eigenvalue weighted by Gasteiger charge is -1.97. The molecule has 1 aromatic rings. The molecule has 1 aliphatic heterocycles. The first-order valence-electron chi connectivity index (χ1n) is 3.41. The van der Waals surface area contributed by atoms with Crippen molar-refractivity contribution >= 4 is 0 Å². The number of aryl methyl sites for hydroxylation is 1.